The molecule has 0 unspecified atom stereocenters. The zero-order valence-corrected chi connectivity index (χ0v) is 16.7. The number of piperidine rings is 1. The van der Waals surface area contributed by atoms with Crippen molar-refractivity contribution in [3.8, 4) is 11.1 Å². The minimum absolute atomic E-state index is 0.116. The molecule has 7 heteroatoms. The van der Waals surface area contributed by atoms with Crippen LogP contribution in [0.4, 0.5) is 0 Å². The highest BCUT2D eigenvalue weighted by molar-refractivity contribution is 7.99. The molecule has 1 aromatic carbocycles. The normalized spacial score (nSPS) is 15.4. The molecule has 1 fully saturated rings. The standard InChI is InChI=1S/C20H21N3O2S2/c1-13-7-9-23(10-8-13)16(24)12-27-20-21-18(25)17-15(11-26-19(17)22-20)14-5-3-2-4-6-14/h2-6,11,13H,7-10,12H2,1H3,(H,21,22,25). The van der Waals surface area contributed by atoms with E-state index < -0.39 is 0 Å². The number of thiophene rings is 1. The topological polar surface area (TPSA) is 66.1 Å². The van der Waals surface area contributed by atoms with E-state index in [0.717, 1.165) is 37.1 Å². The molecule has 1 aliphatic rings. The molecule has 5 nitrogen and oxygen atoms in total. The van der Waals surface area contributed by atoms with E-state index in [-0.39, 0.29) is 11.5 Å². The number of amides is 1. The Morgan fingerprint density at radius 2 is 2.04 bits per heavy atom. The number of likely N-dealkylation sites (tertiary alicyclic amines) is 1. The van der Waals surface area contributed by atoms with E-state index in [1.807, 2.05) is 40.6 Å². The van der Waals surface area contributed by atoms with Gasteiger partial charge in [-0.05, 0) is 24.3 Å². The maximum absolute atomic E-state index is 12.6. The van der Waals surface area contributed by atoms with Gasteiger partial charge in [0.1, 0.15) is 4.83 Å². The van der Waals surface area contributed by atoms with Crippen molar-refractivity contribution in [3.05, 3.63) is 46.1 Å². The number of H-pyrrole nitrogens is 1. The number of benzene rings is 1. The average molecular weight is 400 g/mol. The third kappa shape index (κ3) is 3.94. The zero-order chi connectivity index (χ0) is 18.8. The second-order valence-electron chi connectivity index (χ2n) is 6.92. The minimum atomic E-state index is -0.151. The van der Waals surface area contributed by atoms with Crippen molar-refractivity contribution in [2.75, 3.05) is 18.8 Å². The van der Waals surface area contributed by atoms with Crippen molar-refractivity contribution in [3.63, 3.8) is 0 Å². The molecule has 1 N–H and O–H groups in total. The number of nitrogens with zero attached hydrogens (tertiary/aromatic N) is 2. The summed E-state index contributed by atoms with van der Waals surface area (Å²) < 4.78 is 0. The highest BCUT2D eigenvalue weighted by Crippen LogP contribution is 2.31. The summed E-state index contributed by atoms with van der Waals surface area (Å²) in [6, 6.07) is 9.84. The van der Waals surface area contributed by atoms with Crippen LogP contribution in [0, 0.1) is 5.92 Å². The minimum Gasteiger partial charge on any atom is -0.342 e. The fourth-order valence-electron chi connectivity index (χ4n) is 3.31. The van der Waals surface area contributed by atoms with Crippen LogP contribution >= 0.6 is 23.1 Å². The van der Waals surface area contributed by atoms with E-state index in [1.54, 1.807) is 0 Å². The van der Waals surface area contributed by atoms with Gasteiger partial charge in [0.2, 0.25) is 5.91 Å². The first-order valence-corrected chi connectivity index (χ1v) is 11.0. The van der Waals surface area contributed by atoms with Gasteiger partial charge in [-0.3, -0.25) is 9.59 Å². The maximum Gasteiger partial charge on any atom is 0.260 e. The van der Waals surface area contributed by atoms with Crippen LogP contribution in [0.5, 0.6) is 0 Å². The summed E-state index contributed by atoms with van der Waals surface area (Å²) in [6.45, 7) is 3.88. The van der Waals surface area contributed by atoms with Gasteiger partial charge in [-0.1, -0.05) is 49.0 Å². The molecule has 1 saturated heterocycles. The molecule has 3 aromatic rings. The van der Waals surface area contributed by atoms with Gasteiger partial charge in [-0.25, -0.2) is 4.98 Å². The predicted molar refractivity (Wildman–Crippen MR) is 111 cm³/mol. The number of fused-ring (bicyclic) bond motifs is 1. The van der Waals surface area contributed by atoms with E-state index in [2.05, 4.69) is 16.9 Å². The molecular weight excluding hydrogens is 378 g/mol. The molecular formula is C20H21N3O2S2. The van der Waals surface area contributed by atoms with Crippen LogP contribution in [0.15, 0.2) is 45.7 Å². The molecule has 27 heavy (non-hydrogen) atoms. The molecule has 0 bridgehead atoms. The highest BCUT2D eigenvalue weighted by atomic mass is 32.2. The van der Waals surface area contributed by atoms with Crippen LogP contribution in [0.25, 0.3) is 21.3 Å². The first kappa shape index (κ1) is 18.3. The molecule has 0 radical (unpaired) electrons. The third-order valence-electron chi connectivity index (χ3n) is 4.98. The van der Waals surface area contributed by atoms with Gasteiger partial charge in [0.15, 0.2) is 5.16 Å². The number of aromatic amines is 1. The van der Waals surface area contributed by atoms with Crippen molar-refractivity contribution in [1.82, 2.24) is 14.9 Å². The number of nitrogens with one attached hydrogen (secondary N) is 1. The molecule has 0 aliphatic carbocycles. The number of hydrogen-bond acceptors (Lipinski definition) is 5. The van der Waals surface area contributed by atoms with Crippen LogP contribution in [-0.4, -0.2) is 39.6 Å². The number of carbonyl (C=O) groups is 1. The van der Waals surface area contributed by atoms with Gasteiger partial charge in [-0.15, -0.1) is 11.3 Å². The molecule has 3 heterocycles. The fraction of sp³-hybridized carbons (Fsp3) is 0.350. The van der Waals surface area contributed by atoms with Gasteiger partial charge in [-0.2, -0.15) is 0 Å². The predicted octanol–water partition coefficient (Wildman–Crippen LogP) is 4.00. The van der Waals surface area contributed by atoms with Crippen LogP contribution in [0.2, 0.25) is 0 Å². The van der Waals surface area contributed by atoms with Crippen molar-refractivity contribution < 1.29 is 4.79 Å². The lowest BCUT2D eigenvalue weighted by molar-refractivity contribution is -0.129. The summed E-state index contributed by atoms with van der Waals surface area (Å²) in [5.74, 6) is 1.12. The SMILES string of the molecule is CC1CCN(C(=O)CSc2nc3scc(-c4ccccc4)c3c(=O)[nH]2)CC1. The Kier molecular flexibility index (Phi) is 5.31. The van der Waals surface area contributed by atoms with Crippen molar-refractivity contribution >= 4 is 39.2 Å². The smallest absolute Gasteiger partial charge is 0.260 e. The van der Waals surface area contributed by atoms with Gasteiger partial charge < -0.3 is 9.88 Å². The molecule has 140 valence electrons. The largest absolute Gasteiger partial charge is 0.342 e. The monoisotopic (exact) mass is 399 g/mol. The molecule has 1 amide bonds. The van der Waals surface area contributed by atoms with E-state index in [9.17, 15) is 9.59 Å². The zero-order valence-electron chi connectivity index (χ0n) is 15.1. The molecule has 0 atom stereocenters. The van der Waals surface area contributed by atoms with Crippen LogP contribution in [0.3, 0.4) is 0 Å². The van der Waals surface area contributed by atoms with Crippen molar-refractivity contribution in [2.45, 2.75) is 24.9 Å². The summed E-state index contributed by atoms with van der Waals surface area (Å²) in [4.78, 5) is 35.1. The first-order valence-electron chi connectivity index (χ1n) is 9.09. The lowest BCUT2D eigenvalue weighted by atomic mass is 9.99. The quantitative estimate of drug-likeness (QED) is 0.532. The Balaban J connectivity index is 1.51. The second-order valence-corrected chi connectivity index (χ2v) is 8.74. The first-order chi connectivity index (χ1) is 13.1. The van der Waals surface area contributed by atoms with E-state index in [0.29, 0.717) is 27.0 Å². The molecule has 2 aromatic heterocycles. The summed E-state index contributed by atoms with van der Waals surface area (Å²) in [7, 11) is 0. The molecule has 0 saturated carbocycles. The number of aromatic nitrogens is 2. The summed E-state index contributed by atoms with van der Waals surface area (Å²) >= 11 is 2.77. The van der Waals surface area contributed by atoms with E-state index >= 15 is 0 Å². The van der Waals surface area contributed by atoms with E-state index in [4.69, 9.17) is 0 Å². The van der Waals surface area contributed by atoms with Gasteiger partial charge in [0.25, 0.3) is 5.56 Å². The Morgan fingerprint density at radius 1 is 1.30 bits per heavy atom. The molecule has 0 spiro atoms. The molecule has 1 aliphatic heterocycles. The summed E-state index contributed by atoms with van der Waals surface area (Å²) in [5, 5.41) is 3.09. The van der Waals surface area contributed by atoms with E-state index in [1.165, 1.54) is 23.1 Å². The summed E-state index contributed by atoms with van der Waals surface area (Å²) in [5.41, 5.74) is 1.76. The average Bonchev–Trinajstić information content (AvgIpc) is 3.12. The fourth-order valence-corrected chi connectivity index (χ4v) is 5.08. The molecule has 4 rings (SSSR count). The Morgan fingerprint density at radius 3 is 2.78 bits per heavy atom. The number of thioether (sulfide) groups is 1. The Labute approximate surface area is 165 Å². The van der Waals surface area contributed by atoms with Gasteiger partial charge >= 0.3 is 0 Å². The van der Waals surface area contributed by atoms with Gasteiger partial charge in [0.05, 0.1) is 11.1 Å². The van der Waals surface area contributed by atoms with Crippen molar-refractivity contribution in [1.29, 1.82) is 0 Å². The number of carbonyl (C=O) groups excluding carboxylic acids is 1. The summed E-state index contributed by atoms with van der Waals surface area (Å²) in [6.07, 6.45) is 2.13. The number of hydrogen-bond donors (Lipinski definition) is 1. The lowest BCUT2D eigenvalue weighted by Gasteiger charge is -2.30. The third-order valence-corrected chi connectivity index (χ3v) is 6.71. The van der Waals surface area contributed by atoms with Crippen LogP contribution in [0.1, 0.15) is 19.8 Å². The second kappa shape index (κ2) is 7.86. The van der Waals surface area contributed by atoms with Gasteiger partial charge in [0, 0.05) is 24.0 Å². The highest BCUT2D eigenvalue weighted by Gasteiger charge is 2.21. The van der Waals surface area contributed by atoms with Crippen molar-refractivity contribution in [2.24, 2.45) is 5.92 Å². The van der Waals surface area contributed by atoms with Crippen LogP contribution in [-0.2, 0) is 4.79 Å². The number of rotatable bonds is 4. The lowest BCUT2D eigenvalue weighted by Crippen LogP contribution is -2.38. The van der Waals surface area contributed by atoms with Crippen LogP contribution < -0.4 is 5.56 Å². The Bertz CT molecular complexity index is 1000. The Hall–Kier alpha value is -2.12. The maximum atomic E-state index is 12.6.